The van der Waals surface area contributed by atoms with Gasteiger partial charge < -0.3 is 32.7 Å². The van der Waals surface area contributed by atoms with Gasteiger partial charge in [-0.3, -0.25) is 0 Å². The molecule has 1 fully saturated rings. The molecule has 2 rings (SSSR count). The van der Waals surface area contributed by atoms with Crippen LogP contribution in [0.15, 0.2) is 24.4 Å². The zero-order valence-electron chi connectivity index (χ0n) is 19.8. The molecule has 0 saturated heterocycles. The van der Waals surface area contributed by atoms with Crippen molar-refractivity contribution in [3.05, 3.63) is 24.4 Å². The van der Waals surface area contributed by atoms with Crippen molar-refractivity contribution < 1.29 is 0 Å². The summed E-state index contributed by atoms with van der Waals surface area (Å²) < 4.78 is 0. The Bertz CT molecular complexity index is 494. The van der Waals surface area contributed by atoms with Crippen LogP contribution in [0.3, 0.4) is 0 Å². The fraction of sp³-hybridized carbons (Fsp3) is 0.840. The van der Waals surface area contributed by atoms with Crippen LogP contribution in [-0.4, -0.2) is 58.4 Å². The monoisotopic (exact) mass is 434 g/mol. The highest BCUT2D eigenvalue weighted by atomic mass is 14.9. The third-order valence-electron chi connectivity index (χ3n) is 6.79. The standard InChI is InChI=1S/C25H50N6/c1-21(31-17-7-16-29-13-5-4-12-28-15-6-11-26)25(27)8-2-3-14-30-20-24-19-22-9-10-23(24)18-22/h9-10,22-25,28-31H,1-8,11-20,26-27H2. The topological polar surface area (TPSA) is 100 Å². The summed E-state index contributed by atoms with van der Waals surface area (Å²) >= 11 is 0. The van der Waals surface area contributed by atoms with E-state index >= 15 is 0 Å². The van der Waals surface area contributed by atoms with Crippen LogP contribution in [0.25, 0.3) is 0 Å². The van der Waals surface area contributed by atoms with E-state index < -0.39 is 0 Å². The Kier molecular flexibility index (Phi) is 14.2. The minimum Gasteiger partial charge on any atom is -0.387 e. The van der Waals surface area contributed by atoms with Crippen LogP contribution >= 0.6 is 0 Å². The minimum absolute atomic E-state index is 0.0652. The van der Waals surface area contributed by atoms with Crippen LogP contribution in [0.2, 0.25) is 0 Å². The van der Waals surface area contributed by atoms with Crippen LogP contribution in [0.5, 0.6) is 0 Å². The summed E-state index contributed by atoms with van der Waals surface area (Å²) in [6.07, 6.45) is 15.6. The summed E-state index contributed by atoms with van der Waals surface area (Å²) in [6.45, 7) is 12.4. The molecule has 0 heterocycles. The highest BCUT2D eigenvalue weighted by Crippen LogP contribution is 2.42. The lowest BCUT2D eigenvalue weighted by Gasteiger charge is -2.19. The number of fused-ring (bicyclic) bond motifs is 2. The molecule has 0 spiro atoms. The SMILES string of the molecule is C=C(NCCCNCCCCNCCCN)C(N)CCCCNCC1CC2C=CC1C2. The quantitative estimate of drug-likeness (QED) is 0.122. The van der Waals surface area contributed by atoms with Gasteiger partial charge in [-0.25, -0.2) is 0 Å². The smallest absolute Gasteiger partial charge is 0.0438 e. The second-order valence-electron chi connectivity index (χ2n) is 9.50. The van der Waals surface area contributed by atoms with E-state index in [4.69, 9.17) is 11.5 Å². The number of nitrogens with one attached hydrogen (secondary N) is 4. The average Bonchev–Trinajstić information content (AvgIpc) is 3.40. The lowest BCUT2D eigenvalue weighted by atomic mass is 9.93. The van der Waals surface area contributed by atoms with Gasteiger partial charge in [0.2, 0.25) is 0 Å². The Labute approximate surface area is 191 Å². The van der Waals surface area contributed by atoms with Crippen molar-refractivity contribution in [1.29, 1.82) is 0 Å². The van der Waals surface area contributed by atoms with Gasteiger partial charge in [-0.1, -0.05) is 25.2 Å². The Balaban J connectivity index is 1.31. The molecule has 0 amide bonds. The van der Waals surface area contributed by atoms with Crippen LogP contribution in [0.1, 0.15) is 57.8 Å². The van der Waals surface area contributed by atoms with Gasteiger partial charge in [0.05, 0.1) is 0 Å². The molecule has 8 N–H and O–H groups in total. The first-order valence-electron chi connectivity index (χ1n) is 12.9. The molecule has 0 aromatic heterocycles. The number of allylic oxidation sites excluding steroid dienone is 2. The van der Waals surface area contributed by atoms with Gasteiger partial charge in [-0.15, -0.1) is 0 Å². The highest BCUT2D eigenvalue weighted by Gasteiger charge is 2.34. The Morgan fingerprint density at radius 2 is 1.52 bits per heavy atom. The van der Waals surface area contributed by atoms with Gasteiger partial charge in [-0.2, -0.15) is 0 Å². The van der Waals surface area contributed by atoms with E-state index in [0.29, 0.717) is 0 Å². The summed E-state index contributed by atoms with van der Waals surface area (Å²) in [5, 5.41) is 14.0. The van der Waals surface area contributed by atoms with E-state index in [0.717, 1.165) is 94.9 Å². The normalized spacial score (nSPS) is 22.8. The lowest BCUT2D eigenvalue weighted by Crippen LogP contribution is -2.32. The Morgan fingerprint density at radius 3 is 2.19 bits per heavy atom. The molecular formula is C25H50N6. The van der Waals surface area contributed by atoms with Crippen LogP contribution in [-0.2, 0) is 0 Å². The van der Waals surface area contributed by atoms with Gasteiger partial charge >= 0.3 is 0 Å². The third kappa shape index (κ3) is 11.5. The maximum atomic E-state index is 6.29. The lowest BCUT2D eigenvalue weighted by molar-refractivity contribution is 0.410. The predicted octanol–water partition coefficient (Wildman–Crippen LogP) is 2.09. The highest BCUT2D eigenvalue weighted by molar-refractivity contribution is 5.10. The number of hydrogen-bond donors (Lipinski definition) is 6. The first kappa shape index (κ1) is 26.3. The van der Waals surface area contributed by atoms with E-state index in [2.05, 4.69) is 40.0 Å². The van der Waals surface area contributed by atoms with E-state index in [1.165, 1.54) is 38.6 Å². The largest absolute Gasteiger partial charge is 0.387 e. The molecule has 0 aromatic rings. The maximum Gasteiger partial charge on any atom is 0.0438 e. The fourth-order valence-corrected chi connectivity index (χ4v) is 4.78. The predicted molar refractivity (Wildman–Crippen MR) is 134 cm³/mol. The van der Waals surface area contributed by atoms with E-state index in [9.17, 15) is 0 Å². The van der Waals surface area contributed by atoms with Crippen molar-refractivity contribution in [2.75, 3.05) is 52.4 Å². The van der Waals surface area contributed by atoms with Crippen LogP contribution in [0, 0.1) is 17.8 Å². The first-order valence-corrected chi connectivity index (χ1v) is 12.9. The van der Waals surface area contributed by atoms with Gasteiger partial charge in [-0.05, 0) is 115 Å². The summed E-state index contributed by atoms with van der Waals surface area (Å²) in [6, 6.07) is 0.0652. The molecule has 31 heavy (non-hydrogen) atoms. The molecule has 4 atom stereocenters. The van der Waals surface area contributed by atoms with Crippen molar-refractivity contribution >= 4 is 0 Å². The zero-order chi connectivity index (χ0) is 22.2. The van der Waals surface area contributed by atoms with Crippen molar-refractivity contribution in [3.8, 4) is 0 Å². The maximum absolute atomic E-state index is 6.29. The van der Waals surface area contributed by atoms with Gasteiger partial charge in [0.1, 0.15) is 0 Å². The van der Waals surface area contributed by atoms with Crippen LogP contribution in [0.4, 0.5) is 0 Å². The van der Waals surface area contributed by atoms with Crippen molar-refractivity contribution in [2.45, 2.75) is 63.8 Å². The first-order chi connectivity index (χ1) is 15.2. The molecule has 2 bridgehead atoms. The zero-order valence-corrected chi connectivity index (χ0v) is 19.8. The third-order valence-corrected chi connectivity index (χ3v) is 6.79. The number of rotatable bonds is 21. The number of unbranched alkanes of at least 4 members (excludes halogenated alkanes) is 2. The molecule has 2 aliphatic rings. The molecule has 180 valence electrons. The van der Waals surface area contributed by atoms with E-state index in [1.54, 1.807) is 0 Å². The van der Waals surface area contributed by atoms with Crippen molar-refractivity contribution in [1.82, 2.24) is 21.3 Å². The molecule has 0 radical (unpaired) electrons. The average molecular weight is 435 g/mol. The second-order valence-corrected chi connectivity index (χ2v) is 9.50. The Morgan fingerprint density at radius 1 is 0.839 bits per heavy atom. The number of hydrogen-bond acceptors (Lipinski definition) is 6. The minimum atomic E-state index is 0.0652. The van der Waals surface area contributed by atoms with Crippen molar-refractivity contribution in [2.24, 2.45) is 29.2 Å². The van der Waals surface area contributed by atoms with Gasteiger partial charge in [0.25, 0.3) is 0 Å². The second kappa shape index (κ2) is 16.7. The molecule has 2 aliphatic carbocycles. The fourth-order valence-electron chi connectivity index (χ4n) is 4.78. The summed E-state index contributed by atoms with van der Waals surface area (Å²) in [5.41, 5.74) is 12.8. The summed E-state index contributed by atoms with van der Waals surface area (Å²) in [5.74, 6) is 2.60. The van der Waals surface area contributed by atoms with E-state index in [1.807, 2.05) is 0 Å². The molecule has 6 heteroatoms. The van der Waals surface area contributed by atoms with Crippen molar-refractivity contribution in [3.63, 3.8) is 0 Å². The summed E-state index contributed by atoms with van der Waals surface area (Å²) in [7, 11) is 0. The Hall–Kier alpha value is -0.920. The van der Waals surface area contributed by atoms with Gasteiger partial charge in [0, 0.05) is 18.3 Å². The molecule has 6 nitrogen and oxygen atoms in total. The molecular weight excluding hydrogens is 384 g/mol. The summed E-state index contributed by atoms with van der Waals surface area (Å²) in [4.78, 5) is 0. The molecule has 4 unspecified atom stereocenters. The molecule has 1 saturated carbocycles. The molecule has 0 aromatic carbocycles. The molecule has 0 aliphatic heterocycles. The van der Waals surface area contributed by atoms with Gasteiger partial charge in [0.15, 0.2) is 0 Å². The number of nitrogens with two attached hydrogens (primary N) is 2. The van der Waals surface area contributed by atoms with E-state index in [-0.39, 0.29) is 6.04 Å². The van der Waals surface area contributed by atoms with Crippen LogP contribution < -0.4 is 32.7 Å².